The maximum atomic E-state index is 5.58. The van der Waals surface area contributed by atoms with E-state index in [1.807, 2.05) is 30.3 Å². The average molecular weight is 250 g/mol. The highest BCUT2D eigenvalue weighted by atomic mass is 32.2. The number of nitrogens with one attached hydrogen (secondary N) is 1. The van der Waals surface area contributed by atoms with E-state index in [4.69, 9.17) is 4.74 Å². The molecule has 1 aliphatic heterocycles. The quantitative estimate of drug-likeness (QED) is 0.834. The summed E-state index contributed by atoms with van der Waals surface area (Å²) in [6.07, 6.45) is 1.21. The second kappa shape index (κ2) is 6.55. The van der Waals surface area contributed by atoms with Crippen molar-refractivity contribution in [3.05, 3.63) is 30.3 Å². The SMILES string of the molecule is CC1CCSC(=NCCOc2ccccc2)N1. The molecule has 0 amide bonds. The van der Waals surface area contributed by atoms with Crippen LogP contribution in [0.5, 0.6) is 5.75 Å². The first-order valence-electron chi connectivity index (χ1n) is 5.96. The Bertz CT molecular complexity index is 367. The Hall–Kier alpha value is -1.16. The summed E-state index contributed by atoms with van der Waals surface area (Å²) in [4.78, 5) is 4.49. The second-order valence-electron chi connectivity index (χ2n) is 4.03. The first-order valence-corrected chi connectivity index (χ1v) is 6.95. The Kier molecular flexibility index (Phi) is 4.74. The standard InChI is InChI=1S/C13H18N2OS/c1-11-7-10-17-13(15-11)14-8-9-16-12-5-3-2-4-6-12/h2-6,11H,7-10H2,1H3,(H,14,15). The van der Waals surface area contributed by atoms with Crippen molar-refractivity contribution in [2.75, 3.05) is 18.9 Å². The summed E-state index contributed by atoms with van der Waals surface area (Å²) in [6.45, 7) is 3.52. The Morgan fingerprint density at radius 1 is 1.41 bits per heavy atom. The van der Waals surface area contributed by atoms with Crippen LogP contribution in [0.2, 0.25) is 0 Å². The highest BCUT2D eigenvalue weighted by Crippen LogP contribution is 2.13. The minimum absolute atomic E-state index is 0.546. The molecule has 1 saturated heterocycles. The monoisotopic (exact) mass is 250 g/mol. The minimum Gasteiger partial charge on any atom is -0.492 e. The van der Waals surface area contributed by atoms with E-state index in [2.05, 4.69) is 17.2 Å². The number of aliphatic imine (C=N–C) groups is 1. The molecule has 1 heterocycles. The molecule has 1 aliphatic rings. The Morgan fingerprint density at radius 3 is 3.00 bits per heavy atom. The Balaban J connectivity index is 1.70. The molecule has 0 radical (unpaired) electrons. The molecule has 0 saturated carbocycles. The number of rotatable bonds is 4. The lowest BCUT2D eigenvalue weighted by atomic mass is 10.3. The molecule has 1 aromatic rings. The molecular formula is C13H18N2OS. The molecule has 2 rings (SSSR count). The van der Waals surface area contributed by atoms with Crippen LogP contribution in [0.1, 0.15) is 13.3 Å². The third kappa shape index (κ3) is 4.30. The summed E-state index contributed by atoms with van der Waals surface area (Å²) in [5.74, 6) is 2.07. The number of para-hydroxylation sites is 1. The lowest BCUT2D eigenvalue weighted by molar-refractivity contribution is 0.328. The van der Waals surface area contributed by atoms with Crippen LogP contribution in [0, 0.1) is 0 Å². The van der Waals surface area contributed by atoms with Crippen LogP contribution < -0.4 is 10.1 Å². The average Bonchev–Trinajstić information content (AvgIpc) is 2.36. The molecule has 0 bridgehead atoms. The van der Waals surface area contributed by atoms with Gasteiger partial charge in [0, 0.05) is 11.8 Å². The van der Waals surface area contributed by atoms with Crippen molar-refractivity contribution in [3.63, 3.8) is 0 Å². The van der Waals surface area contributed by atoms with Crippen LogP contribution in [0.3, 0.4) is 0 Å². The third-order valence-corrected chi connectivity index (χ3v) is 3.48. The summed E-state index contributed by atoms with van der Waals surface area (Å²) < 4.78 is 5.58. The van der Waals surface area contributed by atoms with E-state index in [9.17, 15) is 0 Å². The molecule has 3 nitrogen and oxygen atoms in total. The van der Waals surface area contributed by atoms with Gasteiger partial charge < -0.3 is 10.1 Å². The minimum atomic E-state index is 0.546. The fourth-order valence-corrected chi connectivity index (χ4v) is 2.71. The van der Waals surface area contributed by atoms with Gasteiger partial charge in [-0.15, -0.1) is 0 Å². The van der Waals surface area contributed by atoms with Crippen molar-refractivity contribution in [3.8, 4) is 5.75 Å². The number of hydrogen-bond acceptors (Lipinski definition) is 3. The number of ether oxygens (including phenoxy) is 1. The number of thioether (sulfide) groups is 1. The van der Waals surface area contributed by atoms with Crippen LogP contribution in [-0.2, 0) is 0 Å². The summed E-state index contributed by atoms with van der Waals surface area (Å²) in [5, 5.41) is 4.43. The van der Waals surface area contributed by atoms with E-state index in [-0.39, 0.29) is 0 Å². The van der Waals surface area contributed by atoms with Gasteiger partial charge in [0.1, 0.15) is 12.4 Å². The molecule has 1 aromatic carbocycles. The molecule has 0 spiro atoms. The van der Waals surface area contributed by atoms with Crippen molar-refractivity contribution < 1.29 is 4.74 Å². The molecule has 92 valence electrons. The summed E-state index contributed by atoms with van der Waals surface area (Å²) in [7, 11) is 0. The molecule has 1 atom stereocenters. The summed E-state index contributed by atoms with van der Waals surface area (Å²) in [6, 6.07) is 10.4. The lowest BCUT2D eigenvalue weighted by Gasteiger charge is -2.21. The number of nitrogens with zero attached hydrogens (tertiary/aromatic N) is 1. The fraction of sp³-hybridized carbons (Fsp3) is 0.462. The van der Waals surface area contributed by atoms with Gasteiger partial charge in [-0.3, -0.25) is 4.99 Å². The van der Waals surface area contributed by atoms with Crippen LogP contribution in [-0.4, -0.2) is 30.1 Å². The largest absolute Gasteiger partial charge is 0.492 e. The first-order chi connectivity index (χ1) is 8.34. The Morgan fingerprint density at radius 2 is 2.24 bits per heavy atom. The van der Waals surface area contributed by atoms with Gasteiger partial charge in [0.2, 0.25) is 0 Å². The van der Waals surface area contributed by atoms with Crippen molar-refractivity contribution >= 4 is 16.9 Å². The highest BCUT2D eigenvalue weighted by molar-refractivity contribution is 8.13. The predicted molar refractivity (Wildman–Crippen MR) is 73.9 cm³/mol. The zero-order valence-electron chi connectivity index (χ0n) is 10.1. The zero-order valence-corrected chi connectivity index (χ0v) is 10.9. The molecular weight excluding hydrogens is 232 g/mol. The van der Waals surface area contributed by atoms with Crippen LogP contribution in [0.25, 0.3) is 0 Å². The predicted octanol–water partition coefficient (Wildman–Crippen LogP) is 2.54. The van der Waals surface area contributed by atoms with Gasteiger partial charge in [-0.25, -0.2) is 0 Å². The van der Waals surface area contributed by atoms with E-state index in [1.165, 1.54) is 6.42 Å². The first kappa shape index (κ1) is 12.3. The topological polar surface area (TPSA) is 33.6 Å². The van der Waals surface area contributed by atoms with Crippen molar-refractivity contribution in [1.29, 1.82) is 0 Å². The lowest BCUT2D eigenvalue weighted by Crippen LogP contribution is -2.35. The molecule has 0 aromatic heterocycles. The van der Waals surface area contributed by atoms with Crippen LogP contribution in [0.15, 0.2) is 35.3 Å². The van der Waals surface area contributed by atoms with E-state index in [0.29, 0.717) is 19.2 Å². The summed E-state index contributed by atoms with van der Waals surface area (Å²) in [5.41, 5.74) is 0. The van der Waals surface area contributed by atoms with E-state index in [1.54, 1.807) is 11.8 Å². The van der Waals surface area contributed by atoms with Crippen LogP contribution in [0.4, 0.5) is 0 Å². The zero-order chi connectivity index (χ0) is 11.9. The maximum absolute atomic E-state index is 5.58. The normalized spacial score (nSPS) is 22.2. The second-order valence-corrected chi connectivity index (χ2v) is 5.11. The molecule has 1 N–H and O–H groups in total. The van der Waals surface area contributed by atoms with Gasteiger partial charge in [0.15, 0.2) is 5.17 Å². The van der Waals surface area contributed by atoms with E-state index < -0.39 is 0 Å². The molecule has 1 fully saturated rings. The van der Waals surface area contributed by atoms with Crippen LogP contribution >= 0.6 is 11.8 Å². The van der Waals surface area contributed by atoms with Gasteiger partial charge in [0.25, 0.3) is 0 Å². The summed E-state index contributed by atoms with van der Waals surface area (Å²) >= 11 is 1.80. The molecule has 4 heteroatoms. The maximum Gasteiger partial charge on any atom is 0.156 e. The van der Waals surface area contributed by atoms with Gasteiger partial charge in [-0.1, -0.05) is 30.0 Å². The van der Waals surface area contributed by atoms with Gasteiger partial charge in [-0.2, -0.15) is 0 Å². The van der Waals surface area contributed by atoms with Crippen molar-refractivity contribution in [2.45, 2.75) is 19.4 Å². The Labute approximate surface area is 107 Å². The number of benzene rings is 1. The molecule has 17 heavy (non-hydrogen) atoms. The number of amidine groups is 1. The van der Waals surface area contributed by atoms with Crippen molar-refractivity contribution in [1.82, 2.24) is 5.32 Å². The van der Waals surface area contributed by atoms with Gasteiger partial charge in [-0.05, 0) is 25.5 Å². The molecule has 0 aliphatic carbocycles. The van der Waals surface area contributed by atoms with Gasteiger partial charge >= 0.3 is 0 Å². The number of hydrogen-bond donors (Lipinski definition) is 1. The van der Waals surface area contributed by atoms with Crippen molar-refractivity contribution in [2.24, 2.45) is 4.99 Å². The highest BCUT2D eigenvalue weighted by Gasteiger charge is 2.12. The van der Waals surface area contributed by atoms with Gasteiger partial charge in [0.05, 0.1) is 6.54 Å². The molecule has 1 unspecified atom stereocenters. The van der Waals surface area contributed by atoms with E-state index in [0.717, 1.165) is 16.7 Å². The van der Waals surface area contributed by atoms with E-state index >= 15 is 0 Å². The fourth-order valence-electron chi connectivity index (χ4n) is 1.58. The smallest absolute Gasteiger partial charge is 0.156 e. The third-order valence-electron chi connectivity index (χ3n) is 2.52.